The van der Waals surface area contributed by atoms with Crippen molar-refractivity contribution in [1.82, 2.24) is 0 Å². The number of fused-ring (bicyclic) bond motifs is 6. The summed E-state index contributed by atoms with van der Waals surface area (Å²) in [6, 6.07) is 0. The maximum absolute atomic E-state index is 12.7. The lowest BCUT2D eigenvalue weighted by Gasteiger charge is -2.62. The van der Waals surface area contributed by atoms with Crippen LogP contribution in [0.5, 0.6) is 0 Å². The molecule has 2 N–H and O–H groups in total. The summed E-state index contributed by atoms with van der Waals surface area (Å²) in [5.74, 6) is 4.93. The second-order valence-electron chi connectivity index (χ2n) is 15.9. The van der Waals surface area contributed by atoms with Crippen LogP contribution in [-0.2, 0) is 14.3 Å². The number of aliphatic hydroxyl groups is 2. The van der Waals surface area contributed by atoms with Crippen molar-refractivity contribution in [2.75, 3.05) is 6.79 Å². The minimum Gasteiger partial charge on any atom is -0.438 e. The predicted molar refractivity (Wildman–Crippen MR) is 156 cm³/mol. The molecule has 0 aromatic rings. The van der Waals surface area contributed by atoms with E-state index in [-0.39, 0.29) is 41.9 Å². The van der Waals surface area contributed by atoms with Gasteiger partial charge in [0.05, 0.1) is 18.3 Å². The number of hydrogen-bond acceptors (Lipinski definition) is 5. The molecule has 0 heterocycles. The van der Waals surface area contributed by atoms with Crippen LogP contribution < -0.4 is 0 Å². The molecule has 13 atom stereocenters. The molecule has 0 spiro atoms. The Kier molecular flexibility index (Phi) is 8.68. The van der Waals surface area contributed by atoms with Gasteiger partial charge in [0, 0.05) is 6.42 Å². The molecule has 0 amide bonds. The van der Waals surface area contributed by atoms with E-state index < -0.39 is 0 Å². The molecule has 6 aliphatic rings. The summed E-state index contributed by atoms with van der Waals surface area (Å²) in [7, 11) is 0. The third-order valence-corrected chi connectivity index (χ3v) is 14.3. The van der Waals surface area contributed by atoms with Crippen LogP contribution in [0.1, 0.15) is 130 Å². The summed E-state index contributed by atoms with van der Waals surface area (Å²) in [6.45, 7) is 7.29. The van der Waals surface area contributed by atoms with Crippen molar-refractivity contribution in [3.63, 3.8) is 0 Å². The van der Waals surface area contributed by atoms with Crippen molar-refractivity contribution in [1.29, 1.82) is 0 Å². The van der Waals surface area contributed by atoms with Gasteiger partial charge in [-0.1, -0.05) is 46.5 Å². The van der Waals surface area contributed by atoms with Crippen LogP contribution in [0, 0.1) is 58.2 Å². The van der Waals surface area contributed by atoms with E-state index in [0.29, 0.717) is 41.9 Å². The summed E-state index contributed by atoms with van der Waals surface area (Å²) in [6.07, 6.45) is 19.0. The van der Waals surface area contributed by atoms with Crippen molar-refractivity contribution >= 4 is 5.97 Å². The van der Waals surface area contributed by atoms with Gasteiger partial charge in [0.2, 0.25) is 0 Å². The third kappa shape index (κ3) is 5.32. The third-order valence-electron chi connectivity index (χ3n) is 14.3. The van der Waals surface area contributed by atoms with Gasteiger partial charge in [-0.3, -0.25) is 4.79 Å². The van der Waals surface area contributed by atoms with E-state index >= 15 is 0 Å². The molecular formula is C35H58O5. The van der Waals surface area contributed by atoms with Crippen molar-refractivity contribution < 1.29 is 24.5 Å². The Hall–Kier alpha value is -0.650. The SMILES string of the molecule is C[C@H](CCC(=O)OCOC1CCC2CCCCC2C1)[C@H]1CCC2[C@@H]3CC[C@@H]4C[C@H](O)CC[C@]4(C)[C@H]3C[C@H](O)[C@@]21C. The Morgan fingerprint density at radius 1 is 0.875 bits per heavy atom. The van der Waals surface area contributed by atoms with Crippen molar-refractivity contribution in [3.8, 4) is 0 Å². The second-order valence-corrected chi connectivity index (χ2v) is 15.9. The maximum atomic E-state index is 12.7. The van der Waals surface area contributed by atoms with Gasteiger partial charge in [-0.05, 0) is 135 Å². The minimum atomic E-state index is -0.268. The number of esters is 1. The zero-order chi connectivity index (χ0) is 28.1. The standard InChI is InChI=1S/C35H58O5/c1-22(8-15-33(38)40-21-39-27-11-9-23-6-4-5-7-24(23)18-27)29-13-14-30-28-12-10-25-19-26(36)16-17-34(25,2)31(28)20-32(37)35(29,30)3/h22-32,36-37H,4-21H2,1-3H3/t22-,23?,24?,25-,26-,27?,28+,29-,30?,31+,32+,34+,35-/m1/s1. The van der Waals surface area contributed by atoms with Gasteiger partial charge in [-0.25, -0.2) is 0 Å². The molecule has 5 heteroatoms. The number of carbonyl (C=O) groups excluding carboxylic acids is 1. The zero-order valence-corrected chi connectivity index (χ0v) is 25.7. The van der Waals surface area contributed by atoms with E-state index in [2.05, 4.69) is 20.8 Å². The fourth-order valence-electron chi connectivity index (χ4n) is 12.0. The molecular weight excluding hydrogens is 500 g/mol. The Bertz CT molecular complexity index is 891. The highest BCUT2D eigenvalue weighted by atomic mass is 16.7. The molecule has 0 radical (unpaired) electrons. The molecule has 5 nitrogen and oxygen atoms in total. The average Bonchev–Trinajstić information content (AvgIpc) is 3.31. The second kappa shape index (κ2) is 11.8. The molecule has 6 rings (SSSR count). The first kappa shape index (κ1) is 29.4. The Balaban J connectivity index is 0.989. The lowest BCUT2D eigenvalue weighted by atomic mass is 9.43. The zero-order valence-electron chi connectivity index (χ0n) is 25.7. The monoisotopic (exact) mass is 558 g/mol. The van der Waals surface area contributed by atoms with Crippen molar-refractivity contribution in [3.05, 3.63) is 0 Å². The van der Waals surface area contributed by atoms with Crippen LogP contribution in [0.3, 0.4) is 0 Å². The van der Waals surface area contributed by atoms with Crippen molar-refractivity contribution in [2.45, 2.75) is 148 Å². The molecule has 0 aromatic heterocycles. The van der Waals surface area contributed by atoms with Crippen LogP contribution in [0.4, 0.5) is 0 Å². The predicted octanol–water partition coefficient (Wildman–Crippen LogP) is 7.27. The lowest BCUT2D eigenvalue weighted by Crippen LogP contribution is -2.58. The van der Waals surface area contributed by atoms with Gasteiger partial charge in [0.15, 0.2) is 6.79 Å². The number of rotatable bonds is 7. The van der Waals surface area contributed by atoms with E-state index in [0.717, 1.165) is 56.8 Å². The summed E-state index contributed by atoms with van der Waals surface area (Å²) < 4.78 is 11.6. The molecule has 0 aliphatic heterocycles. The Labute approximate surface area is 243 Å². The van der Waals surface area contributed by atoms with E-state index in [4.69, 9.17) is 9.47 Å². The van der Waals surface area contributed by atoms with E-state index in [1.165, 1.54) is 57.8 Å². The quantitative estimate of drug-likeness (QED) is 0.254. The molecule has 6 saturated carbocycles. The molecule has 6 fully saturated rings. The van der Waals surface area contributed by atoms with Gasteiger partial charge < -0.3 is 19.7 Å². The minimum absolute atomic E-state index is 0.0526. The van der Waals surface area contributed by atoms with Crippen LogP contribution in [0.2, 0.25) is 0 Å². The Morgan fingerprint density at radius 2 is 1.68 bits per heavy atom. The molecule has 6 aliphatic carbocycles. The van der Waals surface area contributed by atoms with Crippen molar-refractivity contribution in [2.24, 2.45) is 58.2 Å². The van der Waals surface area contributed by atoms with Gasteiger partial charge in [0.25, 0.3) is 0 Å². The summed E-state index contributed by atoms with van der Waals surface area (Å²) in [5.41, 5.74) is 0.221. The Morgan fingerprint density at radius 3 is 2.50 bits per heavy atom. The summed E-state index contributed by atoms with van der Waals surface area (Å²) in [4.78, 5) is 12.7. The molecule has 40 heavy (non-hydrogen) atoms. The fraction of sp³-hybridized carbons (Fsp3) is 0.971. The number of aliphatic hydroxyl groups excluding tert-OH is 2. The summed E-state index contributed by atoms with van der Waals surface area (Å²) in [5, 5.41) is 22.1. The highest BCUT2D eigenvalue weighted by Gasteiger charge is 2.63. The smallest absolute Gasteiger partial charge is 0.307 e. The fourth-order valence-corrected chi connectivity index (χ4v) is 12.0. The van der Waals surface area contributed by atoms with E-state index in [9.17, 15) is 15.0 Å². The maximum Gasteiger partial charge on any atom is 0.307 e. The molecule has 0 bridgehead atoms. The number of hydrogen-bond donors (Lipinski definition) is 2. The first-order valence-electron chi connectivity index (χ1n) is 17.3. The topological polar surface area (TPSA) is 76.0 Å². The van der Waals surface area contributed by atoms with Gasteiger partial charge in [0.1, 0.15) is 0 Å². The van der Waals surface area contributed by atoms with Gasteiger partial charge >= 0.3 is 5.97 Å². The van der Waals surface area contributed by atoms with Gasteiger partial charge in [-0.15, -0.1) is 0 Å². The van der Waals surface area contributed by atoms with E-state index in [1.54, 1.807) is 0 Å². The van der Waals surface area contributed by atoms with Crippen LogP contribution in [0.15, 0.2) is 0 Å². The van der Waals surface area contributed by atoms with Crippen LogP contribution in [-0.4, -0.2) is 41.3 Å². The number of carbonyl (C=O) groups is 1. The largest absolute Gasteiger partial charge is 0.438 e. The highest BCUT2D eigenvalue weighted by Crippen LogP contribution is 2.68. The highest BCUT2D eigenvalue weighted by molar-refractivity contribution is 5.69. The first-order valence-corrected chi connectivity index (χ1v) is 17.3. The molecule has 0 aromatic carbocycles. The normalized spacial score (nSPS) is 49.2. The average molecular weight is 559 g/mol. The van der Waals surface area contributed by atoms with E-state index in [1.807, 2.05) is 0 Å². The van der Waals surface area contributed by atoms with Crippen LogP contribution in [0.25, 0.3) is 0 Å². The first-order chi connectivity index (χ1) is 19.2. The van der Waals surface area contributed by atoms with Gasteiger partial charge in [-0.2, -0.15) is 0 Å². The molecule has 4 unspecified atom stereocenters. The molecule has 228 valence electrons. The van der Waals surface area contributed by atoms with Crippen LogP contribution >= 0.6 is 0 Å². The molecule has 0 saturated heterocycles. The lowest BCUT2D eigenvalue weighted by molar-refractivity contribution is -0.175. The number of ether oxygens (including phenoxy) is 2. The summed E-state index contributed by atoms with van der Waals surface area (Å²) >= 11 is 0.